The number of hydrogen-bond donors (Lipinski definition) is 1. The van der Waals surface area contributed by atoms with Crippen molar-refractivity contribution < 1.29 is 9.84 Å². The first-order chi connectivity index (χ1) is 4.54. The van der Waals surface area contributed by atoms with Gasteiger partial charge in [0.05, 0.1) is 12.2 Å². The average molecular weight is 148 g/mol. The molecule has 2 heteroatoms. The third kappa shape index (κ3) is 24.7. The van der Waals surface area contributed by atoms with Crippen molar-refractivity contribution in [2.24, 2.45) is 0 Å². The molecule has 0 spiro atoms. The molecule has 0 saturated carbocycles. The van der Waals surface area contributed by atoms with Crippen molar-refractivity contribution in [2.75, 3.05) is 6.61 Å². The highest BCUT2D eigenvalue weighted by atomic mass is 16.5. The van der Waals surface area contributed by atoms with Gasteiger partial charge < -0.3 is 9.84 Å². The van der Waals surface area contributed by atoms with Crippen LogP contribution in [-0.4, -0.2) is 23.9 Å². The summed E-state index contributed by atoms with van der Waals surface area (Å²) in [5.74, 6) is 0. The van der Waals surface area contributed by atoms with E-state index in [1.54, 1.807) is 6.92 Å². The molecule has 1 N–H and O–H groups in total. The molecule has 0 amide bonds. The van der Waals surface area contributed by atoms with Crippen molar-refractivity contribution >= 4 is 0 Å². The molecule has 0 aliphatic carbocycles. The lowest BCUT2D eigenvalue weighted by atomic mass is 10.4. The molecule has 0 bridgehead atoms. The summed E-state index contributed by atoms with van der Waals surface area (Å²) in [6.07, 6.45) is 0.750. The Morgan fingerprint density at radius 3 is 1.30 bits per heavy atom. The van der Waals surface area contributed by atoms with E-state index in [1.165, 1.54) is 0 Å². The molecule has 0 rings (SSSR count). The van der Waals surface area contributed by atoms with Gasteiger partial charge in [0, 0.05) is 6.61 Å². The fourth-order valence-corrected chi connectivity index (χ4v) is 0.544. The smallest absolute Gasteiger partial charge is 0.0522 e. The first-order valence-corrected chi connectivity index (χ1v) is 3.80. The quantitative estimate of drug-likeness (QED) is 0.647. The van der Waals surface area contributed by atoms with Gasteiger partial charge in [-0.25, -0.2) is 0 Å². The van der Waals surface area contributed by atoms with E-state index in [2.05, 4.69) is 0 Å². The van der Waals surface area contributed by atoms with Gasteiger partial charge in [0.2, 0.25) is 0 Å². The summed E-state index contributed by atoms with van der Waals surface area (Å²) in [4.78, 5) is 0. The molecule has 0 aromatic heterocycles. The monoisotopic (exact) mass is 148 g/mol. The van der Waals surface area contributed by atoms with Gasteiger partial charge in [0.25, 0.3) is 0 Å². The van der Waals surface area contributed by atoms with E-state index in [0.29, 0.717) is 12.2 Å². The molecule has 0 aromatic rings. The largest absolute Gasteiger partial charge is 0.397 e. The van der Waals surface area contributed by atoms with Crippen LogP contribution in [0.25, 0.3) is 0 Å². The van der Waals surface area contributed by atoms with Gasteiger partial charge in [-0.05, 0) is 34.6 Å². The molecule has 0 heterocycles. The molecule has 0 fully saturated rings. The first-order valence-electron chi connectivity index (χ1n) is 3.80. The summed E-state index contributed by atoms with van der Waals surface area (Å²) in [5, 5.41) is 7.57. The highest BCUT2D eigenvalue weighted by Gasteiger charge is 1.94. The number of rotatable bonds is 2. The van der Waals surface area contributed by atoms with Crippen molar-refractivity contribution in [3.8, 4) is 0 Å². The molecule has 0 aliphatic rings. The number of aliphatic hydroxyl groups excluding tert-OH is 1. The van der Waals surface area contributed by atoms with E-state index < -0.39 is 0 Å². The lowest BCUT2D eigenvalue weighted by Gasteiger charge is -2.09. The summed E-state index contributed by atoms with van der Waals surface area (Å²) in [6.45, 7) is 10.1. The van der Waals surface area contributed by atoms with Gasteiger partial charge in [-0.2, -0.15) is 0 Å². The molecule has 64 valence electrons. The maximum atomic E-state index is 7.57. The van der Waals surface area contributed by atoms with Gasteiger partial charge >= 0.3 is 0 Å². The molecule has 0 aromatic carbocycles. The van der Waals surface area contributed by atoms with Crippen LogP contribution in [0.15, 0.2) is 0 Å². The van der Waals surface area contributed by atoms with E-state index in [9.17, 15) is 0 Å². The lowest BCUT2D eigenvalue weighted by molar-refractivity contribution is 0.0300. The topological polar surface area (TPSA) is 29.5 Å². The Labute approximate surface area is 64.2 Å². The number of aliphatic hydroxyl groups is 1. The second kappa shape index (κ2) is 8.92. The second-order valence-electron chi connectivity index (χ2n) is 2.55. The van der Waals surface area contributed by atoms with Crippen molar-refractivity contribution in [3.63, 3.8) is 0 Å². The van der Waals surface area contributed by atoms with Crippen LogP contribution in [0.5, 0.6) is 0 Å². The Bertz CT molecular complexity index is 45.2. The Balaban J connectivity index is 0. The molecule has 2 nitrogen and oxygen atoms in total. The predicted octanol–water partition coefficient (Wildman–Crippen LogP) is 1.82. The molecular weight excluding hydrogens is 128 g/mol. The minimum absolute atomic E-state index is 0.250. The third-order valence-corrected chi connectivity index (χ3v) is 0.544. The van der Waals surface area contributed by atoms with Gasteiger partial charge in [0.1, 0.15) is 0 Å². The van der Waals surface area contributed by atoms with Gasteiger partial charge in [-0.15, -0.1) is 0 Å². The molecule has 0 aliphatic heterocycles. The van der Waals surface area contributed by atoms with E-state index >= 15 is 0 Å². The molecule has 0 saturated heterocycles. The third-order valence-electron chi connectivity index (χ3n) is 0.544. The summed E-state index contributed by atoms with van der Waals surface area (Å²) in [5.41, 5.74) is 0. The highest BCUT2D eigenvalue weighted by Crippen LogP contribution is 1.93. The molecule has 0 unspecified atom stereocenters. The molecule has 0 radical (unpaired) electrons. The van der Waals surface area contributed by atoms with Crippen molar-refractivity contribution in [1.29, 1.82) is 0 Å². The highest BCUT2D eigenvalue weighted by molar-refractivity contribution is 4.40. The van der Waals surface area contributed by atoms with Crippen molar-refractivity contribution in [1.82, 2.24) is 0 Å². The Morgan fingerprint density at radius 1 is 1.10 bits per heavy atom. The van der Waals surface area contributed by atoms with Gasteiger partial charge in [-0.3, -0.25) is 0 Å². The minimum Gasteiger partial charge on any atom is -0.397 e. The summed E-state index contributed by atoms with van der Waals surface area (Å²) in [7, 11) is 0. The van der Waals surface area contributed by atoms with Gasteiger partial charge in [-0.1, -0.05) is 0 Å². The first kappa shape index (κ1) is 12.6. The zero-order valence-corrected chi connectivity index (χ0v) is 7.72. The van der Waals surface area contributed by atoms with Crippen LogP contribution in [0, 0.1) is 0 Å². The van der Waals surface area contributed by atoms with E-state index in [-0.39, 0.29) is 6.61 Å². The standard InChI is InChI=1S/C6H14O.C2H6O/c1-5(2)7-6(3)4;1-2-3/h5-6H,1-4H3;3H,2H2,1H3. The zero-order chi connectivity index (χ0) is 8.57. The molecule has 0 atom stereocenters. The van der Waals surface area contributed by atoms with Gasteiger partial charge in [0.15, 0.2) is 0 Å². The Morgan fingerprint density at radius 2 is 1.30 bits per heavy atom. The van der Waals surface area contributed by atoms with Crippen LogP contribution in [0.4, 0.5) is 0 Å². The Kier molecular flexibility index (Phi) is 11.2. The van der Waals surface area contributed by atoms with E-state index in [1.807, 2.05) is 27.7 Å². The molecular formula is C8H20O2. The number of hydrogen-bond acceptors (Lipinski definition) is 2. The van der Waals surface area contributed by atoms with E-state index in [4.69, 9.17) is 9.84 Å². The fraction of sp³-hybridized carbons (Fsp3) is 1.00. The SMILES string of the molecule is CC(C)OC(C)C.CCO. The maximum absolute atomic E-state index is 7.57. The van der Waals surface area contributed by atoms with Crippen molar-refractivity contribution in [3.05, 3.63) is 0 Å². The summed E-state index contributed by atoms with van der Waals surface area (Å²) < 4.78 is 5.25. The normalized spacial score (nSPS) is 9.60. The number of ether oxygens (including phenoxy) is 1. The van der Waals surface area contributed by atoms with Crippen LogP contribution in [0.1, 0.15) is 34.6 Å². The maximum Gasteiger partial charge on any atom is 0.0522 e. The van der Waals surface area contributed by atoms with E-state index in [0.717, 1.165) is 0 Å². The van der Waals surface area contributed by atoms with Crippen LogP contribution in [-0.2, 0) is 4.74 Å². The summed E-state index contributed by atoms with van der Waals surface area (Å²) >= 11 is 0. The van der Waals surface area contributed by atoms with Crippen molar-refractivity contribution in [2.45, 2.75) is 46.8 Å². The lowest BCUT2D eigenvalue weighted by Crippen LogP contribution is -2.09. The average Bonchev–Trinajstić information content (AvgIpc) is 1.62. The second-order valence-corrected chi connectivity index (χ2v) is 2.55. The van der Waals surface area contributed by atoms with Crippen LogP contribution < -0.4 is 0 Å². The molecule has 10 heavy (non-hydrogen) atoms. The zero-order valence-electron chi connectivity index (χ0n) is 7.72. The predicted molar refractivity (Wildman–Crippen MR) is 44.1 cm³/mol. The fourth-order valence-electron chi connectivity index (χ4n) is 0.544. The van der Waals surface area contributed by atoms with Crippen LogP contribution >= 0.6 is 0 Å². The van der Waals surface area contributed by atoms with Crippen LogP contribution in [0.3, 0.4) is 0 Å². The minimum atomic E-state index is 0.250. The van der Waals surface area contributed by atoms with Crippen LogP contribution in [0.2, 0.25) is 0 Å². The Hall–Kier alpha value is -0.0800. The summed E-state index contributed by atoms with van der Waals surface area (Å²) in [6, 6.07) is 0.